The Morgan fingerprint density at radius 1 is 1.39 bits per heavy atom. The number of aromatic carboxylic acids is 1. The quantitative estimate of drug-likeness (QED) is 0.724. The highest BCUT2D eigenvalue weighted by Gasteiger charge is 2.17. The molecule has 0 saturated heterocycles. The maximum absolute atomic E-state index is 11.0. The van der Waals surface area contributed by atoms with Gasteiger partial charge in [-0.25, -0.2) is 9.78 Å². The van der Waals surface area contributed by atoms with Crippen LogP contribution in [0.5, 0.6) is 0 Å². The number of furan rings is 1. The van der Waals surface area contributed by atoms with E-state index in [2.05, 4.69) is 9.97 Å². The van der Waals surface area contributed by atoms with Crippen LogP contribution in [0, 0.1) is 6.92 Å². The number of H-pyrrole nitrogens is 1. The Morgan fingerprint density at radius 3 is 2.89 bits per heavy atom. The molecule has 0 unspecified atom stereocenters. The Balaban J connectivity index is 2.20. The highest BCUT2D eigenvalue weighted by molar-refractivity contribution is 5.93. The molecule has 0 atom stereocenters. The summed E-state index contributed by atoms with van der Waals surface area (Å²) in [4.78, 5) is 18.0. The number of carboxylic acids is 1. The van der Waals surface area contributed by atoms with Gasteiger partial charge in [0.2, 0.25) is 0 Å². The lowest BCUT2D eigenvalue weighted by Crippen LogP contribution is -1.98. The summed E-state index contributed by atoms with van der Waals surface area (Å²) in [7, 11) is 0. The Morgan fingerprint density at radius 2 is 2.17 bits per heavy atom. The van der Waals surface area contributed by atoms with Crippen molar-refractivity contribution in [3.8, 4) is 11.4 Å². The lowest BCUT2D eigenvalue weighted by Gasteiger charge is -1.91. The number of hydrogen-bond donors (Lipinski definition) is 2. The maximum atomic E-state index is 11.0. The first-order valence-corrected chi connectivity index (χ1v) is 5.43. The van der Waals surface area contributed by atoms with E-state index in [0.717, 1.165) is 16.5 Å². The summed E-state index contributed by atoms with van der Waals surface area (Å²) >= 11 is 0. The van der Waals surface area contributed by atoms with E-state index in [1.807, 2.05) is 24.3 Å². The molecule has 2 N–H and O–H groups in total. The zero-order chi connectivity index (χ0) is 12.7. The van der Waals surface area contributed by atoms with Gasteiger partial charge >= 0.3 is 5.97 Å². The maximum Gasteiger partial charge on any atom is 0.356 e. The molecule has 90 valence electrons. The minimum absolute atomic E-state index is 0.0373. The van der Waals surface area contributed by atoms with E-state index in [1.165, 1.54) is 0 Å². The lowest BCUT2D eigenvalue weighted by molar-refractivity contribution is 0.0690. The average Bonchev–Trinajstić information content (AvgIpc) is 2.92. The number of hydrogen-bond acceptors (Lipinski definition) is 3. The van der Waals surface area contributed by atoms with E-state index in [4.69, 9.17) is 9.52 Å². The van der Waals surface area contributed by atoms with Gasteiger partial charge in [0.15, 0.2) is 5.69 Å². The van der Waals surface area contributed by atoms with Crippen molar-refractivity contribution in [3.05, 3.63) is 41.9 Å². The Labute approximate surface area is 102 Å². The number of carboxylic acid groups (broad SMARTS) is 1. The van der Waals surface area contributed by atoms with Crippen LogP contribution in [0.2, 0.25) is 0 Å². The fourth-order valence-electron chi connectivity index (χ4n) is 1.96. The first-order chi connectivity index (χ1) is 8.66. The molecular weight excluding hydrogens is 232 g/mol. The van der Waals surface area contributed by atoms with Gasteiger partial charge in [0, 0.05) is 11.1 Å². The van der Waals surface area contributed by atoms with Gasteiger partial charge in [-0.2, -0.15) is 0 Å². The summed E-state index contributed by atoms with van der Waals surface area (Å²) in [6.45, 7) is 1.68. The number of nitrogens with one attached hydrogen (secondary N) is 1. The van der Waals surface area contributed by atoms with Crippen molar-refractivity contribution in [2.75, 3.05) is 0 Å². The molecule has 0 aliphatic carbocycles. The second kappa shape index (κ2) is 3.73. The third-order valence-electron chi connectivity index (χ3n) is 2.82. The molecule has 0 aliphatic heterocycles. The van der Waals surface area contributed by atoms with Gasteiger partial charge < -0.3 is 14.5 Å². The molecule has 5 heteroatoms. The number of rotatable bonds is 2. The Kier molecular flexibility index (Phi) is 2.19. The third kappa shape index (κ3) is 1.48. The molecule has 5 nitrogen and oxygen atoms in total. The van der Waals surface area contributed by atoms with E-state index >= 15 is 0 Å². The van der Waals surface area contributed by atoms with Crippen LogP contribution < -0.4 is 0 Å². The minimum atomic E-state index is -1.04. The third-order valence-corrected chi connectivity index (χ3v) is 2.82. The van der Waals surface area contributed by atoms with Crippen LogP contribution in [0.4, 0.5) is 0 Å². The van der Waals surface area contributed by atoms with E-state index in [1.54, 1.807) is 13.2 Å². The van der Waals surface area contributed by atoms with Crippen molar-refractivity contribution in [2.24, 2.45) is 0 Å². The standard InChI is InChI=1S/C13H10N2O3/c1-7-11(13(16)17)15-12(14-7)9-6-18-10-5-3-2-4-8(9)10/h2-6H,1H3,(H,14,15)(H,16,17). The Bertz CT molecular complexity index is 740. The fraction of sp³-hybridized carbons (Fsp3) is 0.0769. The molecule has 0 saturated carbocycles. The smallest absolute Gasteiger partial charge is 0.356 e. The number of imidazole rings is 1. The molecule has 0 spiro atoms. The number of aromatic amines is 1. The molecule has 1 aromatic carbocycles. The van der Waals surface area contributed by atoms with Crippen molar-refractivity contribution >= 4 is 16.9 Å². The van der Waals surface area contributed by atoms with Gasteiger partial charge in [0.25, 0.3) is 0 Å². The molecule has 0 radical (unpaired) electrons. The second-order valence-corrected chi connectivity index (χ2v) is 4.01. The monoisotopic (exact) mass is 242 g/mol. The molecule has 18 heavy (non-hydrogen) atoms. The van der Waals surface area contributed by atoms with Crippen molar-refractivity contribution in [1.82, 2.24) is 9.97 Å². The normalized spacial score (nSPS) is 10.9. The van der Waals surface area contributed by atoms with Gasteiger partial charge in [-0.15, -0.1) is 0 Å². The van der Waals surface area contributed by atoms with Crippen LogP contribution in [0.3, 0.4) is 0 Å². The predicted octanol–water partition coefficient (Wildman–Crippen LogP) is 2.83. The predicted molar refractivity (Wildman–Crippen MR) is 65.5 cm³/mol. The number of carbonyl (C=O) groups is 1. The molecule has 3 rings (SSSR count). The number of aromatic nitrogens is 2. The fourth-order valence-corrected chi connectivity index (χ4v) is 1.96. The molecule has 2 heterocycles. The zero-order valence-corrected chi connectivity index (χ0v) is 9.60. The summed E-state index contributed by atoms with van der Waals surface area (Å²) in [6, 6.07) is 7.54. The van der Waals surface area contributed by atoms with Crippen LogP contribution in [0.15, 0.2) is 34.9 Å². The molecule has 0 fully saturated rings. The number of nitrogens with zero attached hydrogens (tertiary/aromatic N) is 1. The molecule has 2 aromatic heterocycles. The van der Waals surface area contributed by atoms with Gasteiger partial charge in [-0.3, -0.25) is 0 Å². The molecule has 3 aromatic rings. The van der Waals surface area contributed by atoms with Crippen molar-refractivity contribution < 1.29 is 14.3 Å². The zero-order valence-electron chi connectivity index (χ0n) is 9.60. The first-order valence-electron chi connectivity index (χ1n) is 5.43. The minimum Gasteiger partial charge on any atom is -0.476 e. The second-order valence-electron chi connectivity index (χ2n) is 4.01. The molecular formula is C13H10N2O3. The van der Waals surface area contributed by atoms with Crippen molar-refractivity contribution in [2.45, 2.75) is 6.92 Å². The van der Waals surface area contributed by atoms with E-state index in [-0.39, 0.29) is 5.69 Å². The summed E-state index contributed by atoms with van der Waals surface area (Å²) in [5.74, 6) is -0.530. The van der Waals surface area contributed by atoms with Crippen LogP contribution in [-0.4, -0.2) is 21.0 Å². The van der Waals surface area contributed by atoms with Gasteiger partial charge in [0.05, 0.1) is 5.56 Å². The largest absolute Gasteiger partial charge is 0.476 e. The molecule has 0 aliphatic rings. The summed E-state index contributed by atoms with van der Waals surface area (Å²) < 4.78 is 5.41. The lowest BCUT2D eigenvalue weighted by atomic mass is 10.2. The topological polar surface area (TPSA) is 79.1 Å². The first kappa shape index (κ1) is 10.6. The SMILES string of the molecule is Cc1[nH]c(-c2coc3ccccc23)nc1C(=O)O. The number of para-hydroxylation sites is 1. The summed E-state index contributed by atoms with van der Waals surface area (Å²) in [5, 5.41) is 9.89. The van der Waals surface area contributed by atoms with Gasteiger partial charge in [-0.1, -0.05) is 18.2 Å². The number of benzene rings is 1. The number of fused-ring (bicyclic) bond motifs is 1. The van der Waals surface area contributed by atoms with Crippen LogP contribution in [0.25, 0.3) is 22.4 Å². The summed E-state index contributed by atoms with van der Waals surface area (Å²) in [5.41, 5.74) is 2.08. The average molecular weight is 242 g/mol. The van der Waals surface area contributed by atoms with E-state index < -0.39 is 5.97 Å². The van der Waals surface area contributed by atoms with Crippen molar-refractivity contribution in [3.63, 3.8) is 0 Å². The van der Waals surface area contributed by atoms with E-state index in [9.17, 15) is 4.79 Å². The van der Waals surface area contributed by atoms with Crippen LogP contribution in [0.1, 0.15) is 16.2 Å². The van der Waals surface area contributed by atoms with E-state index in [0.29, 0.717) is 11.5 Å². The highest BCUT2D eigenvalue weighted by Crippen LogP contribution is 2.29. The molecule has 0 amide bonds. The summed E-state index contributed by atoms with van der Waals surface area (Å²) in [6.07, 6.45) is 1.58. The van der Waals surface area contributed by atoms with Crippen LogP contribution in [-0.2, 0) is 0 Å². The highest BCUT2D eigenvalue weighted by atomic mass is 16.4. The van der Waals surface area contributed by atoms with Gasteiger partial charge in [-0.05, 0) is 13.0 Å². The van der Waals surface area contributed by atoms with Crippen LogP contribution >= 0.6 is 0 Å². The van der Waals surface area contributed by atoms with Gasteiger partial charge in [0.1, 0.15) is 17.7 Å². The van der Waals surface area contributed by atoms with Crippen molar-refractivity contribution in [1.29, 1.82) is 0 Å². The number of aryl methyl sites for hydroxylation is 1. The molecule has 0 bridgehead atoms. The Hall–Kier alpha value is -2.56.